The number of hydrogen-bond donors (Lipinski definition) is 4. The average molecular weight is 379 g/mol. The second kappa shape index (κ2) is 6.66. The lowest BCUT2D eigenvalue weighted by atomic mass is 10.4. The molecule has 12 heteroatoms. The Kier molecular flexibility index (Phi) is 3.87. The summed E-state index contributed by atoms with van der Waals surface area (Å²) < 4.78 is 3.58. The first kappa shape index (κ1) is 16.3. The van der Waals surface area contributed by atoms with Crippen molar-refractivity contribution in [2.75, 3.05) is 17.5 Å². The van der Waals surface area contributed by atoms with Gasteiger partial charge in [0.25, 0.3) is 0 Å². The zero-order valence-electron chi connectivity index (χ0n) is 14.7. The monoisotopic (exact) mass is 379 g/mol. The van der Waals surface area contributed by atoms with Crippen LogP contribution >= 0.6 is 0 Å². The number of aliphatic imine (C=N–C) groups is 1. The van der Waals surface area contributed by atoms with Crippen molar-refractivity contribution in [3.05, 3.63) is 43.0 Å². The van der Waals surface area contributed by atoms with Crippen LogP contribution in [0.1, 0.15) is 5.69 Å². The minimum absolute atomic E-state index is 0.0309. The zero-order chi connectivity index (χ0) is 18.9. The van der Waals surface area contributed by atoms with Crippen LogP contribution in [-0.2, 0) is 13.1 Å². The Labute approximate surface area is 158 Å². The maximum atomic E-state index is 9.17. The molecule has 0 fully saturated rings. The van der Waals surface area contributed by atoms with Crippen molar-refractivity contribution < 1.29 is 5.11 Å². The third kappa shape index (κ3) is 2.81. The Morgan fingerprint density at radius 2 is 2.11 bits per heavy atom. The van der Waals surface area contributed by atoms with Crippen molar-refractivity contribution >= 4 is 35.0 Å². The van der Waals surface area contributed by atoms with Gasteiger partial charge in [-0.2, -0.15) is 0 Å². The Hall–Kier alpha value is -3.93. The lowest BCUT2D eigenvalue weighted by Gasteiger charge is -2.23. The Balaban J connectivity index is 1.40. The highest BCUT2D eigenvalue weighted by molar-refractivity contribution is 5.88. The SMILES string of the molecule is OCCn1ccnc1Nn1ccc2c(NN3C=Nc4nc[nH]c4C3)ncnc21. The minimum atomic E-state index is 0.0309. The smallest absolute Gasteiger partial charge is 0.222 e. The molecule has 0 aliphatic carbocycles. The molecule has 12 nitrogen and oxygen atoms in total. The zero-order valence-corrected chi connectivity index (χ0v) is 14.7. The van der Waals surface area contributed by atoms with E-state index in [-0.39, 0.29) is 6.61 Å². The van der Waals surface area contributed by atoms with Crippen LogP contribution in [0.15, 0.2) is 42.3 Å². The number of anilines is 2. The van der Waals surface area contributed by atoms with Gasteiger partial charge in [-0.3, -0.25) is 15.9 Å². The van der Waals surface area contributed by atoms with Gasteiger partial charge in [0.05, 0.1) is 30.6 Å². The van der Waals surface area contributed by atoms with E-state index in [1.54, 1.807) is 29.7 Å². The molecule has 0 saturated carbocycles. The van der Waals surface area contributed by atoms with Crippen LogP contribution in [-0.4, -0.2) is 57.2 Å². The number of hydrogen-bond acceptors (Lipinski definition) is 9. The summed E-state index contributed by atoms with van der Waals surface area (Å²) in [4.78, 5) is 24.5. The van der Waals surface area contributed by atoms with Crippen LogP contribution in [0.2, 0.25) is 0 Å². The molecule has 0 aromatic carbocycles. The number of imidazole rings is 2. The summed E-state index contributed by atoms with van der Waals surface area (Å²) in [5.74, 6) is 1.95. The quantitative estimate of drug-likeness (QED) is 0.385. The van der Waals surface area contributed by atoms with E-state index in [0.717, 1.165) is 11.1 Å². The van der Waals surface area contributed by atoms with Gasteiger partial charge in [-0.05, 0) is 6.07 Å². The molecule has 0 saturated heterocycles. The average Bonchev–Trinajstić information content (AvgIpc) is 3.43. The molecular formula is C16H17N11O. The van der Waals surface area contributed by atoms with Gasteiger partial charge < -0.3 is 14.7 Å². The van der Waals surface area contributed by atoms with Crippen LogP contribution in [0.25, 0.3) is 11.0 Å². The number of hydrazine groups is 1. The lowest BCUT2D eigenvalue weighted by molar-refractivity contribution is 0.276. The molecule has 142 valence electrons. The number of fused-ring (bicyclic) bond motifs is 2. The van der Waals surface area contributed by atoms with Crippen LogP contribution in [0.3, 0.4) is 0 Å². The van der Waals surface area contributed by atoms with Crippen molar-refractivity contribution in [1.29, 1.82) is 0 Å². The highest BCUT2D eigenvalue weighted by atomic mass is 16.3. The minimum Gasteiger partial charge on any atom is -0.395 e. The molecule has 4 aromatic rings. The van der Waals surface area contributed by atoms with Gasteiger partial charge in [-0.15, -0.1) is 0 Å². The molecule has 0 unspecified atom stereocenters. The Morgan fingerprint density at radius 3 is 3.04 bits per heavy atom. The molecule has 0 atom stereocenters. The number of aromatic nitrogens is 7. The van der Waals surface area contributed by atoms with E-state index in [0.29, 0.717) is 36.3 Å². The van der Waals surface area contributed by atoms with Gasteiger partial charge in [-0.25, -0.2) is 29.6 Å². The Morgan fingerprint density at radius 1 is 1.14 bits per heavy atom. The van der Waals surface area contributed by atoms with Gasteiger partial charge in [0.2, 0.25) is 5.95 Å². The number of nitrogens with zero attached hydrogens (tertiary/aromatic N) is 8. The summed E-state index contributed by atoms with van der Waals surface area (Å²) in [5, 5.41) is 11.8. The van der Waals surface area contributed by atoms with Gasteiger partial charge in [0, 0.05) is 25.1 Å². The topological polar surface area (TPSA) is 137 Å². The summed E-state index contributed by atoms with van der Waals surface area (Å²) in [6.45, 7) is 1.07. The number of aliphatic hydroxyl groups is 1. The second-order valence-electron chi connectivity index (χ2n) is 6.11. The number of H-pyrrole nitrogens is 1. The summed E-state index contributed by atoms with van der Waals surface area (Å²) in [6.07, 6.45) is 10.1. The van der Waals surface area contributed by atoms with E-state index in [1.807, 2.05) is 21.8 Å². The first-order valence-corrected chi connectivity index (χ1v) is 8.62. The molecule has 5 heterocycles. The summed E-state index contributed by atoms with van der Waals surface area (Å²) >= 11 is 0. The maximum Gasteiger partial charge on any atom is 0.222 e. The molecule has 4 N–H and O–H groups in total. The molecule has 0 amide bonds. The number of rotatable bonds is 6. The van der Waals surface area contributed by atoms with Crippen LogP contribution in [0.5, 0.6) is 0 Å². The predicted molar refractivity (Wildman–Crippen MR) is 102 cm³/mol. The first-order chi connectivity index (χ1) is 13.8. The molecule has 0 spiro atoms. The highest BCUT2D eigenvalue weighted by Gasteiger charge is 2.16. The normalized spacial score (nSPS) is 13.1. The molecule has 1 aliphatic rings. The summed E-state index contributed by atoms with van der Waals surface area (Å²) in [5.41, 5.74) is 8.05. The molecular weight excluding hydrogens is 362 g/mol. The fraction of sp³-hybridized carbons (Fsp3) is 0.188. The number of aromatic amines is 1. The largest absolute Gasteiger partial charge is 0.395 e. The standard InChI is InChI=1S/C16H17N11O/c28-6-5-25-4-2-17-16(25)24-27-3-1-11-13(19-9-21-15(11)27)23-26-7-12-14(22-10-26)20-8-18-12/h1-4,8-10,28H,5-7H2,(H,17,24)(H,18,20)(H,19,21,23). The van der Waals surface area contributed by atoms with Crippen LogP contribution in [0, 0.1) is 0 Å². The third-order valence-electron chi connectivity index (χ3n) is 4.35. The van der Waals surface area contributed by atoms with Crippen molar-refractivity contribution in [2.24, 2.45) is 4.99 Å². The van der Waals surface area contributed by atoms with Gasteiger partial charge in [0.15, 0.2) is 17.3 Å². The van der Waals surface area contributed by atoms with E-state index in [4.69, 9.17) is 5.11 Å². The van der Waals surface area contributed by atoms with E-state index in [1.165, 1.54) is 6.33 Å². The molecule has 4 aromatic heterocycles. The fourth-order valence-electron chi connectivity index (χ4n) is 3.03. The fourth-order valence-corrected chi connectivity index (χ4v) is 3.03. The summed E-state index contributed by atoms with van der Waals surface area (Å²) in [7, 11) is 0. The molecule has 5 rings (SSSR count). The van der Waals surface area contributed by atoms with Crippen molar-refractivity contribution in [2.45, 2.75) is 13.1 Å². The van der Waals surface area contributed by atoms with E-state index in [2.05, 4.69) is 40.8 Å². The molecule has 0 radical (unpaired) electrons. The van der Waals surface area contributed by atoms with Gasteiger partial charge in [-0.1, -0.05) is 0 Å². The van der Waals surface area contributed by atoms with Gasteiger partial charge >= 0.3 is 0 Å². The Bertz CT molecular complexity index is 1140. The molecule has 28 heavy (non-hydrogen) atoms. The van der Waals surface area contributed by atoms with Crippen molar-refractivity contribution in [3.8, 4) is 0 Å². The third-order valence-corrected chi connectivity index (χ3v) is 4.35. The van der Waals surface area contributed by atoms with Crippen molar-refractivity contribution in [3.63, 3.8) is 0 Å². The molecule has 0 bridgehead atoms. The van der Waals surface area contributed by atoms with E-state index in [9.17, 15) is 0 Å². The molecule has 1 aliphatic heterocycles. The van der Waals surface area contributed by atoms with E-state index < -0.39 is 0 Å². The van der Waals surface area contributed by atoms with Crippen LogP contribution < -0.4 is 10.9 Å². The van der Waals surface area contributed by atoms with Crippen LogP contribution in [0.4, 0.5) is 17.6 Å². The number of nitrogens with one attached hydrogen (secondary N) is 3. The highest BCUT2D eigenvalue weighted by Crippen LogP contribution is 2.23. The maximum absolute atomic E-state index is 9.17. The first-order valence-electron chi connectivity index (χ1n) is 8.62. The second-order valence-corrected chi connectivity index (χ2v) is 6.11. The van der Waals surface area contributed by atoms with E-state index >= 15 is 0 Å². The lowest BCUT2D eigenvalue weighted by Crippen LogP contribution is -2.30. The number of aliphatic hydroxyl groups excluding tert-OH is 1. The summed E-state index contributed by atoms with van der Waals surface area (Å²) in [6, 6.07) is 1.91. The van der Waals surface area contributed by atoms with Crippen molar-refractivity contribution in [1.82, 2.24) is 39.2 Å². The predicted octanol–water partition coefficient (Wildman–Crippen LogP) is 0.721. The van der Waals surface area contributed by atoms with Gasteiger partial charge in [0.1, 0.15) is 12.7 Å².